The number of hydrogen-bond acceptors (Lipinski definition) is 5. The molecule has 7 heteroatoms. The maximum Gasteiger partial charge on any atom is 0.227 e. The zero-order valence-electron chi connectivity index (χ0n) is 10.9. The Hall–Kier alpha value is -1.21. The first-order chi connectivity index (χ1) is 8.78. The topological polar surface area (TPSA) is 89.3 Å². The predicted octanol–water partition coefficient (Wildman–Crippen LogP) is 1.11. The van der Waals surface area contributed by atoms with Crippen LogP contribution in [0.15, 0.2) is 29.2 Å². The molecule has 1 aromatic rings. The zero-order chi connectivity index (χ0) is 14.5. The molecule has 1 unspecified atom stereocenters. The molecule has 0 bridgehead atoms. The number of amides is 1. The van der Waals surface area contributed by atoms with Crippen LogP contribution in [0.1, 0.15) is 6.92 Å². The lowest BCUT2D eigenvalue weighted by atomic mass is 10.3. The summed E-state index contributed by atoms with van der Waals surface area (Å²) >= 11 is 1.33. The van der Waals surface area contributed by atoms with E-state index in [0.29, 0.717) is 0 Å². The lowest BCUT2D eigenvalue weighted by Crippen LogP contribution is -2.25. The van der Waals surface area contributed by atoms with E-state index >= 15 is 0 Å². The van der Waals surface area contributed by atoms with Crippen LogP contribution < -0.4 is 11.1 Å². The summed E-state index contributed by atoms with van der Waals surface area (Å²) in [6.07, 6.45) is 1.21. The van der Waals surface area contributed by atoms with E-state index in [1.165, 1.54) is 18.0 Å². The van der Waals surface area contributed by atoms with Crippen molar-refractivity contribution in [3.05, 3.63) is 24.3 Å². The van der Waals surface area contributed by atoms with Gasteiger partial charge in [0.05, 0.1) is 11.5 Å². The Balaban J connectivity index is 2.74. The molecular formula is C12H18N2O3S2. The van der Waals surface area contributed by atoms with E-state index in [2.05, 4.69) is 5.32 Å². The highest BCUT2D eigenvalue weighted by Gasteiger charge is 2.12. The molecule has 0 aliphatic carbocycles. The van der Waals surface area contributed by atoms with Gasteiger partial charge in [-0.3, -0.25) is 4.79 Å². The van der Waals surface area contributed by atoms with Crippen LogP contribution in [-0.2, 0) is 14.6 Å². The summed E-state index contributed by atoms with van der Waals surface area (Å²) in [6, 6.07) is 7.22. The highest BCUT2D eigenvalue weighted by Crippen LogP contribution is 2.27. The van der Waals surface area contributed by atoms with E-state index in [-0.39, 0.29) is 23.5 Å². The Labute approximate surface area is 117 Å². The summed E-state index contributed by atoms with van der Waals surface area (Å²) in [5.41, 5.74) is 5.93. The number of primary amides is 1. The van der Waals surface area contributed by atoms with Crippen LogP contribution in [-0.4, -0.2) is 38.1 Å². The highest BCUT2D eigenvalue weighted by atomic mass is 32.2. The third-order valence-corrected chi connectivity index (χ3v) is 4.41. The molecule has 106 valence electrons. The molecule has 1 rings (SSSR count). The van der Waals surface area contributed by atoms with Crippen molar-refractivity contribution in [2.45, 2.75) is 17.9 Å². The molecule has 1 atom stereocenters. The van der Waals surface area contributed by atoms with Crippen LogP contribution in [0.5, 0.6) is 0 Å². The summed E-state index contributed by atoms with van der Waals surface area (Å²) < 4.78 is 22.5. The van der Waals surface area contributed by atoms with Crippen LogP contribution in [0.4, 0.5) is 5.69 Å². The van der Waals surface area contributed by atoms with Gasteiger partial charge in [0.25, 0.3) is 0 Å². The van der Waals surface area contributed by atoms with E-state index in [1.807, 2.05) is 24.3 Å². The van der Waals surface area contributed by atoms with Gasteiger partial charge in [-0.05, 0) is 19.1 Å². The molecule has 0 radical (unpaired) electrons. The van der Waals surface area contributed by atoms with Crippen molar-refractivity contribution in [3.8, 4) is 0 Å². The lowest BCUT2D eigenvalue weighted by molar-refractivity contribution is -0.115. The molecule has 3 N–H and O–H groups in total. The molecule has 0 aliphatic heterocycles. The Morgan fingerprint density at radius 2 is 2.05 bits per heavy atom. The summed E-state index contributed by atoms with van der Waals surface area (Å²) in [6.45, 7) is 1.80. The number of hydrogen-bond donors (Lipinski definition) is 2. The largest absolute Gasteiger partial charge is 0.381 e. The van der Waals surface area contributed by atoms with Gasteiger partial charge in [0.15, 0.2) is 0 Å². The Kier molecular flexibility index (Phi) is 5.68. The van der Waals surface area contributed by atoms with Crippen molar-refractivity contribution >= 4 is 33.2 Å². The Morgan fingerprint density at radius 1 is 1.42 bits per heavy atom. The monoisotopic (exact) mass is 302 g/mol. The lowest BCUT2D eigenvalue weighted by Gasteiger charge is -2.16. The van der Waals surface area contributed by atoms with Crippen LogP contribution in [0.3, 0.4) is 0 Å². The van der Waals surface area contributed by atoms with Crippen molar-refractivity contribution in [2.75, 3.05) is 23.1 Å². The van der Waals surface area contributed by atoms with Gasteiger partial charge < -0.3 is 11.1 Å². The van der Waals surface area contributed by atoms with Crippen LogP contribution in [0.2, 0.25) is 0 Å². The van der Waals surface area contributed by atoms with E-state index in [1.54, 1.807) is 6.92 Å². The number of carbonyl (C=O) groups excluding carboxylic acids is 1. The number of para-hydroxylation sites is 1. The molecule has 0 aliphatic rings. The number of anilines is 1. The number of nitrogens with one attached hydrogen (secondary N) is 1. The minimum atomic E-state index is -3.03. The number of benzene rings is 1. The van der Waals surface area contributed by atoms with E-state index in [9.17, 15) is 13.2 Å². The molecule has 1 amide bonds. The number of carbonyl (C=O) groups is 1. The van der Waals surface area contributed by atoms with Crippen molar-refractivity contribution in [2.24, 2.45) is 5.73 Å². The maximum absolute atomic E-state index is 11.2. The Bertz CT molecular complexity index is 544. The highest BCUT2D eigenvalue weighted by molar-refractivity contribution is 8.00. The molecule has 0 saturated heterocycles. The Morgan fingerprint density at radius 3 is 2.63 bits per heavy atom. The second-order valence-corrected chi connectivity index (χ2v) is 7.59. The fraction of sp³-hybridized carbons (Fsp3) is 0.417. The van der Waals surface area contributed by atoms with Crippen molar-refractivity contribution < 1.29 is 13.2 Å². The van der Waals surface area contributed by atoms with Gasteiger partial charge in [-0.2, -0.15) is 0 Å². The number of thioether (sulfide) groups is 1. The van der Waals surface area contributed by atoms with Crippen LogP contribution >= 0.6 is 11.8 Å². The van der Waals surface area contributed by atoms with Gasteiger partial charge in [0.1, 0.15) is 9.84 Å². The summed E-state index contributed by atoms with van der Waals surface area (Å²) in [7, 11) is -3.03. The van der Waals surface area contributed by atoms with Gasteiger partial charge in [0.2, 0.25) is 5.91 Å². The standard InChI is InChI=1S/C12H18N2O3S2/c1-9(8-19(2,16)17)14-10-5-3-4-6-11(10)18-7-12(13)15/h3-6,9,14H,7-8H2,1-2H3,(H2,13,15). The first-order valence-corrected chi connectivity index (χ1v) is 8.77. The molecule has 5 nitrogen and oxygen atoms in total. The molecule has 0 fully saturated rings. The maximum atomic E-state index is 11.2. The van der Waals surface area contributed by atoms with Crippen molar-refractivity contribution in [1.29, 1.82) is 0 Å². The second kappa shape index (κ2) is 6.81. The summed E-state index contributed by atoms with van der Waals surface area (Å²) in [4.78, 5) is 11.7. The fourth-order valence-electron chi connectivity index (χ4n) is 1.62. The van der Waals surface area contributed by atoms with Crippen LogP contribution in [0.25, 0.3) is 0 Å². The van der Waals surface area contributed by atoms with Crippen LogP contribution in [0, 0.1) is 0 Å². The molecule has 19 heavy (non-hydrogen) atoms. The number of rotatable bonds is 7. The summed E-state index contributed by atoms with van der Waals surface area (Å²) in [5, 5.41) is 3.14. The average molecular weight is 302 g/mol. The number of sulfone groups is 1. The quantitative estimate of drug-likeness (QED) is 0.736. The second-order valence-electron chi connectivity index (χ2n) is 4.39. The van der Waals surface area contributed by atoms with Gasteiger partial charge in [0, 0.05) is 22.9 Å². The molecule has 0 aromatic heterocycles. The fourth-order valence-corrected chi connectivity index (χ4v) is 3.37. The minimum Gasteiger partial charge on any atom is -0.381 e. The van der Waals surface area contributed by atoms with E-state index in [4.69, 9.17) is 5.73 Å². The zero-order valence-corrected chi connectivity index (χ0v) is 12.6. The van der Waals surface area contributed by atoms with Crippen molar-refractivity contribution in [3.63, 3.8) is 0 Å². The van der Waals surface area contributed by atoms with Gasteiger partial charge >= 0.3 is 0 Å². The summed E-state index contributed by atoms with van der Waals surface area (Å²) in [5.74, 6) is -0.134. The molecule has 1 aromatic carbocycles. The van der Waals surface area contributed by atoms with Crippen molar-refractivity contribution in [1.82, 2.24) is 0 Å². The van der Waals surface area contributed by atoms with Gasteiger partial charge in [-0.1, -0.05) is 12.1 Å². The predicted molar refractivity (Wildman–Crippen MR) is 79.2 cm³/mol. The first-order valence-electron chi connectivity index (χ1n) is 5.72. The normalized spacial score (nSPS) is 12.9. The molecular weight excluding hydrogens is 284 g/mol. The smallest absolute Gasteiger partial charge is 0.227 e. The molecule has 0 saturated carbocycles. The van der Waals surface area contributed by atoms with Gasteiger partial charge in [-0.15, -0.1) is 11.8 Å². The average Bonchev–Trinajstić information content (AvgIpc) is 2.25. The SMILES string of the molecule is CC(CS(C)(=O)=O)Nc1ccccc1SCC(N)=O. The number of nitrogens with two attached hydrogens (primary N) is 1. The van der Waals surface area contributed by atoms with Gasteiger partial charge in [-0.25, -0.2) is 8.42 Å². The van der Waals surface area contributed by atoms with E-state index in [0.717, 1.165) is 10.6 Å². The first kappa shape index (κ1) is 15.8. The molecule has 0 heterocycles. The van der Waals surface area contributed by atoms with E-state index < -0.39 is 9.84 Å². The third kappa shape index (κ3) is 6.49. The third-order valence-electron chi connectivity index (χ3n) is 2.21. The minimum absolute atomic E-state index is 0.0574. The molecule has 0 spiro atoms.